The molecule has 0 fully saturated rings. The van der Waals surface area contributed by atoms with Gasteiger partial charge < -0.3 is 5.32 Å². The van der Waals surface area contributed by atoms with Crippen molar-refractivity contribution in [2.24, 2.45) is 4.99 Å². The second-order valence-corrected chi connectivity index (χ2v) is 5.16. The Balaban J connectivity index is 1.98. The first kappa shape index (κ1) is 13.9. The molecule has 0 unspecified atom stereocenters. The smallest absolute Gasteiger partial charge is 0.269 e. The number of nitro benzene ring substituents is 1. The van der Waals surface area contributed by atoms with E-state index in [-0.39, 0.29) is 11.6 Å². The molecule has 1 atom stereocenters. The van der Waals surface area contributed by atoms with Gasteiger partial charge in [0, 0.05) is 17.7 Å². The van der Waals surface area contributed by atoms with Crippen molar-refractivity contribution in [3.05, 3.63) is 75.8 Å². The predicted molar refractivity (Wildman–Crippen MR) is 81.6 cm³/mol. The van der Waals surface area contributed by atoms with Crippen molar-refractivity contribution >= 4 is 17.4 Å². The molecule has 110 valence electrons. The molecule has 3 rings (SSSR count). The number of nitro groups is 1. The first-order valence-electron chi connectivity index (χ1n) is 6.72. The van der Waals surface area contributed by atoms with Gasteiger partial charge in [-0.2, -0.15) is 0 Å². The number of amides is 1. The van der Waals surface area contributed by atoms with Crippen LogP contribution >= 0.6 is 0 Å². The molecule has 0 saturated carbocycles. The van der Waals surface area contributed by atoms with Crippen molar-refractivity contribution in [1.29, 1.82) is 0 Å². The molecule has 6 heteroatoms. The third kappa shape index (κ3) is 2.24. The first-order valence-corrected chi connectivity index (χ1v) is 6.72. The molecule has 1 amide bonds. The summed E-state index contributed by atoms with van der Waals surface area (Å²) in [4.78, 5) is 27.0. The lowest BCUT2D eigenvalue weighted by molar-refractivity contribution is -0.384. The van der Waals surface area contributed by atoms with Crippen LogP contribution in [0.15, 0.2) is 59.6 Å². The lowest BCUT2D eigenvalue weighted by Crippen LogP contribution is -2.35. The van der Waals surface area contributed by atoms with Gasteiger partial charge in [-0.3, -0.25) is 14.9 Å². The molecule has 1 aliphatic heterocycles. The number of amidine groups is 1. The molecule has 1 N–H and O–H groups in total. The first-order chi connectivity index (χ1) is 10.5. The molecular formula is C16H13N3O3. The summed E-state index contributed by atoms with van der Waals surface area (Å²) in [5.41, 5.74) is 0.445. The quantitative estimate of drug-likeness (QED) is 0.697. The van der Waals surface area contributed by atoms with Gasteiger partial charge >= 0.3 is 0 Å². The maximum atomic E-state index is 12.3. The Kier molecular flexibility index (Phi) is 3.21. The fourth-order valence-corrected chi connectivity index (χ4v) is 2.37. The molecule has 0 aromatic heterocycles. The normalized spacial score (nSPS) is 20.4. The van der Waals surface area contributed by atoms with Gasteiger partial charge in [0.25, 0.3) is 11.6 Å². The number of benzene rings is 2. The van der Waals surface area contributed by atoms with Crippen LogP contribution in [-0.4, -0.2) is 16.7 Å². The van der Waals surface area contributed by atoms with Gasteiger partial charge in [-0.25, -0.2) is 4.99 Å². The van der Waals surface area contributed by atoms with Crippen molar-refractivity contribution in [2.45, 2.75) is 12.5 Å². The number of hydrogen-bond acceptors (Lipinski definition) is 4. The van der Waals surface area contributed by atoms with Gasteiger partial charge in [0.1, 0.15) is 5.84 Å². The average Bonchev–Trinajstić information content (AvgIpc) is 2.85. The predicted octanol–water partition coefficient (Wildman–Crippen LogP) is 2.39. The van der Waals surface area contributed by atoms with Crippen molar-refractivity contribution in [3.63, 3.8) is 0 Å². The lowest BCUT2D eigenvalue weighted by Gasteiger charge is -2.17. The highest BCUT2D eigenvalue weighted by molar-refractivity contribution is 6.15. The van der Waals surface area contributed by atoms with Gasteiger partial charge in [0.05, 0.1) is 4.92 Å². The Hall–Kier alpha value is -3.02. The van der Waals surface area contributed by atoms with E-state index >= 15 is 0 Å². The minimum atomic E-state index is -0.988. The van der Waals surface area contributed by atoms with Crippen LogP contribution in [-0.2, 0) is 10.3 Å². The van der Waals surface area contributed by atoms with E-state index in [1.807, 2.05) is 30.3 Å². The summed E-state index contributed by atoms with van der Waals surface area (Å²) in [5.74, 6) is 0.207. The monoisotopic (exact) mass is 295 g/mol. The van der Waals surface area contributed by atoms with Crippen molar-refractivity contribution in [2.75, 3.05) is 0 Å². The molecule has 1 aliphatic rings. The molecule has 0 aliphatic carbocycles. The second kappa shape index (κ2) is 5.07. The molecular weight excluding hydrogens is 282 g/mol. The Morgan fingerprint density at radius 1 is 1.09 bits per heavy atom. The summed E-state index contributed by atoms with van der Waals surface area (Å²) >= 11 is 0. The van der Waals surface area contributed by atoms with E-state index in [9.17, 15) is 14.9 Å². The van der Waals surface area contributed by atoms with Gasteiger partial charge in [-0.15, -0.1) is 0 Å². The summed E-state index contributed by atoms with van der Waals surface area (Å²) in [6.45, 7) is 1.75. The van der Waals surface area contributed by atoms with Gasteiger partial charge in [0.15, 0.2) is 5.54 Å². The number of rotatable bonds is 3. The van der Waals surface area contributed by atoms with Crippen molar-refractivity contribution < 1.29 is 9.72 Å². The Morgan fingerprint density at radius 2 is 1.73 bits per heavy atom. The lowest BCUT2D eigenvalue weighted by atomic mass is 9.93. The number of nitrogens with one attached hydrogen (secondary N) is 1. The third-order valence-electron chi connectivity index (χ3n) is 3.70. The molecule has 0 radical (unpaired) electrons. The second-order valence-electron chi connectivity index (χ2n) is 5.16. The topological polar surface area (TPSA) is 84.6 Å². The Bertz CT molecular complexity index is 769. The maximum Gasteiger partial charge on any atom is 0.269 e. The maximum absolute atomic E-state index is 12.3. The van der Waals surface area contributed by atoms with E-state index in [1.54, 1.807) is 19.1 Å². The van der Waals surface area contributed by atoms with Crippen LogP contribution in [0.25, 0.3) is 0 Å². The zero-order valence-corrected chi connectivity index (χ0v) is 11.8. The largest absolute Gasteiger partial charge is 0.308 e. The summed E-state index contributed by atoms with van der Waals surface area (Å²) in [7, 11) is 0. The molecule has 2 aromatic rings. The molecule has 1 heterocycles. The SMILES string of the molecule is C[C@@]1(c2ccccc2)N=C(c2ccc([N+](=O)[O-])cc2)NC1=O. The highest BCUT2D eigenvalue weighted by atomic mass is 16.6. The Labute approximate surface area is 126 Å². The average molecular weight is 295 g/mol. The molecule has 0 bridgehead atoms. The minimum absolute atomic E-state index is 0.000468. The van der Waals surface area contributed by atoms with Crippen molar-refractivity contribution in [3.8, 4) is 0 Å². The van der Waals surface area contributed by atoms with Gasteiger partial charge in [-0.1, -0.05) is 30.3 Å². The van der Waals surface area contributed by atoms with Crippen LogP contribution in [0.4, 0.5) is 5.69 Å². The number of carbonyl (C=O) groups is 1. The fourth-order valence-electron chi connectivity index (χ4n) is 2.37. The molecule has 0 saturated heterocycles. The van der Waals surface area contributed by atoms with E-state index in [4.69, 9.17) is 0 Å². The molecule has 6 nitrogen and oxygen atoms in total. The van der Waals surface area contributed by atoms with Crippen LogP contribution in [0, 0.1) is 10.1 Å². The molecule has 2 aromatic carbocycles. The van der Waals surface area contributed by atoms with E-state index in [0.717, 1.165) is 5.56 Å². The van der Waals surface area contributed by atoms with E-state index in [0.29, 0.717) is 11.4 Å². The standard InChI is InChI=1S/C16H13N3O3/c1-16(12-5-3-2-4-6-12)15(20)17-14(18-16)11-7-9-13(10-8-11)19(21)22/h2-10H,1H3,(H,17,18,20)/t16-/m0/s1. The summed E-state index contributed by atoms with van der Waals surface area (Å²) < 4.78 is 0. The highest BCUT2D eigenvalue weighted by Gasteiger charge is 2.40. The Morgan fingerprint density at radius 3 is 2.32 bits per heavy atom. The number of carbonyl (C=O) groups excluding carboxylic acids is 1. The van der Waals surface area contributed by atoms with E-state index < -0.39 is 10.5 Å². The van der Waals surface area contributed by atoms with E-state index in [2.05, 4.69) is 10.3 Å². The van der Waals surface area contributed by atoms with Crippen LogP contribution in [0.2, 0.25) is 0 Å². The third-order valence-corrected chi connectivity index (χ3v) is 3.70. The summed E-state index contributed by atoms with van der Waals surface area (Å²) in [6, 6.07) is 15.2. The van der Waals surface area contributed by atoms with Crippen LogP contribution < -0.4 is 5.32 Å². The number of non-ortho nitro benzene ring substituents is 1. The summed E-state index contributed by atoms with van der Waals surface area (Å²) in [5, 5.41) is 13.4. The number of aliphatic imine (C=N–C) groups is 1. The number of hydrogen-bond donors (Lipinski definition) is 1. The zero-order chi connectivity index (χ0) is 15.7. The van der Waals surface area contributed by atoms with Crippen LogP contribution in [0.5, 0.6) is 0 Å². The van der Waals surface area contributed by atoms with Crippen LogP contribution in [0.3, 0.4) is 0 Å². The summed E-state index contributed by atoms with van der Waals surface area (Å²) in [6.07, 6.45) is 0. The van der Waals surface area contributed by atoms with Gasteiger partial charge in [0.2, 0.25) is 0 Å². The molecule has 0 spiro atoms. The minimum Gasteiger partial charge on any atom is -0.308 e. The van der Waals surface area contributed by atoms with E-state index in [1.165, 1.54) is 12.1 Å². The van der Waals surface area contributed by atoms with Crippen molar-refractivity contribution in [1.82, 2.24) is 5.32 Å². The molecule has 22 heavy (non-hydrogen) atoms. The number of nitrogens with zero attached hydrogens (tertiary/aromatic N) is 2. The highest BCUT2D eigenvalue weighted by Crippen LogP contribution is 2.30. The van der Waals surface area contributed by atoms with Gasteiger partial charge in [-0.05, 0) is 24.6 Å². The van der Waals surface area contributed by atoms with Crippen LogP contribution in [0.1, 0.15) is 18.1 Å². The zero-order valence-electron chi connectivity index (χ0n) is 11.8. The fraction of sp³-hybridized carbons (Fsp3) is 0.125.